The van der Waals surface area contributed by atoms with Gasteiger partial charge in [-0.25, -0.2) is 0 Å². The van der Waals surface area contributed by atoms with Crippen molar-refractivity contribution in [1.29, 1.82) is 0 Å². The lowest BCUT2D eigenvalue weighted by molar-refractivity contribution is 0.381. The van der Waals surface area contributed by atoms with E-state index in [4.69, 9.17) is 0 Å². The fourth-order valence-electron chi connectivity index (χ4n) is 2.20. The van der Waals surface area contributed by atoms with Crippen LogP contribution in [0.25, 0.3) is 0 Å². The molecule has 1 saturated carbocycles. The summed E-state index contributed by atoms with van der Waals surface area (Å²) < 4.78 is 0. The fraction of sp³-hybridized carbons (Fsp3) is 0.833. The first-order chi connectivity index (χ1) is 6.34. The van der Waals surface area contributed by atoms with E-state index in [9.17, 15) is 0 Å². The van der Waals surface area contributed by atoms with Crippen LogP contribution in [0.15, 0.2) is 12.7 Å². The van der Waals surface area contributed by atoms with Gasteiger partial charge in [0, 0.05) is 6.04 Å². The first-order valence-corrected chi connectivity index (χ1v) is 5.69. The molecule has 0 amide bonds. The summed E-state index contributed by atoms with van der Waals surface area (Å²) in [6, 6.07) is 0.729. The lowest BCUT2D eigenvalue weighted by Crippen LogP contribution is -2.32. The van der Waals surface area contributed by atoms with Crippen LogP contribution in [0, 0.1) is 5.92 Å². The molecule has 0 spiro atoms. The molecule has 0 aromatic heterocycles. The minimum atomic E-state index is 0.729. The first-order valence-electron chi connectivity index (χ1n) is 5.69. The van der Waals surface area contributed by atoms with Gasteiger partial charge in [0.25, 0.3) is 0 Å². The molecule has 1 aliphatic rings. The first kappa shape index (κ1) is 10.8. The Morgan fingerprint density at radius 2 is 2.15 bits per heavy atom. The molecule has 0 aromatic rings. The predicted molar refractivity (Wildman–Crippen MR) is 58.9 cm³/mol. The molecule has 76 valence electrons. The lowest BCUT2D eigenvalue weighted by Gasteiger charge is -2.20. The number of nitrogens with one attached hydrogen (secondary N) is 1. The van der Waals surface area contributed by atoms with E-state index in [1.165, 1.54) is 32.1 Å². The van der Waals surface area contributed by atoms with E-state index in [1.807, 2.05) is 6.08 Å². The SMILES string of the molecule is C=CCCCN[C@@H](C)C1CCCC1. The molecule has 0 radical (unpaired) electrons. The van der Waals surface area contributed by atoms with Crippen molar-refractivity contribution in [3.8, 4) is 0 Å². The zero-order valence-electron chi connectivity index (χ0n) is 8.89. The van der Waals surface area contributed by atoms with Crippen molar-refractivity contribution < 1.29 is 0 Å². The van der Waals surface area contributed by atoms with Gasteiger partial charge in [-0.15, -0.1) is 6.58 Å². The average Bonchev–Trinajstić information content (AvgIpc) is 2.65. The Balaban J connectivity index is 2.02. The van der Waals surface area contributed by atoms with E-state index >= 15 is 0 Å². The smallest absolute Gasteiger partial charge is 0.00669 e. The van der Waals surface area contributed by atoms with Crippen molar-refractivity contribution in [1.82, 2.24) is 5.32 Å². The Labute approximate surface area is 82.6 Å². The molecular formula is C12H23N. The molecule has 1 heteroatoms. The van der Waals surface area contributed by atoms with Crippen molar-refractivity contribution in [2.24, 2.45) is 5.92 Å². The third-order valence-corrected chi connectivity index (χ3v) is 3.16. The summed E-state index contributed by atoms with van der Waals surface area (Å²) >= 11 is 0. The van der Waals surface area contributed by atoms with Crippen LogP contribution in [0.3, 0.4) is 0 Å². The normalized spacial score (nSPS) is 20.4. The second kappa shape index (κ2) is 6.20. The Hall–Kier alpha value is -0.300. The Morgan fingerprint density at radius 3 is 2.77 bits per heavy atom. The van der Waals surface area contributed by atoms with Gasteiger partial charge >= 0.3 is 0 Å². The summed E-state index contributed by atoms with van der Waals surface area (Å²) in [5.74, 6) is 0.948. The Kier molecular flexibility index (Phi) is 5.14. The summed E-state index contributed by atoms with van der Waals surface area (Å²) in [5.41, 5.74) is 0. The van der Waals surface area contributed by atoms with Crippen LogP contribution in [-0.2, 0) is 0 Å². The minimum absolute atomic E-state index is 0.729. The van der Waals surface area contributed by atoms with E-state index in [0.29, 0.717) is 0 Å². The fourth-order valence-corrected chi connectivity index (χ4v) is 2.20. The minimum Gasteiger partial charge on any atom is -0.314 e. The molecular weight excluding hydrogens is 158 g/mol. The largest absolute Gasteiger partial charge is 0.314 e. The molecule has 0 aromatic carbocycles. The zero-order chi connectivity index (χ0) is 9.52. The van der Waals surface area contributed by atoms with Gasteiger partial charge in [-0.2, -0.15) is 0 Å². The van der Waals surface area contributed by atoms with Crippen LogP contribution >= 0.6 is 0 Å². The molecule has 0 saturated heterocycles. The summed E-state index contributed by atoms with van der Waals surface area (Å²) in [6.07, 6.45) is 10.2. The van der Waals surface area contributed by atoms with E-state index in [2.05, 4.69) is 18.8 Å². The van der Waals surface area contributed by atoms with Crippen LogP contribution in [0.5, 0.6) is 0 Å². The molecule has 1 N–H and O–H groups in total. The standard InChI is InChI=1S/C12H23N/c1-3-4-7-10-13-11(2)12-8-5-6-9-12/h3,11-13H,1,4-10H2,2H3/t11-/m0/s1. The van der Waals surface area contributed by atoms with Gasteiger partial charge in [-0.05, 0) is 45.1 Å². The number of unbranched alkanes of at least 4 members (excludes halogenated alkanes) is 1. The highest BCUT2D eigenvalue weighted by atomic mass is 14.9. The van der Waals surface area contributed by atoms with E-state index in [-0.39, 0.29) is 0 Å². The van der Waals surface area contributed by atoms with Crippen molar-refractivity contribution in [2.45, 2.75) is 51.5 Å². The molecule has 1 atom stereocenters. The second-order valence-electron chi connectivity index (χ2n) is 4.22. The average molecular weight is 181 g/mol. The van der Waals surface area contributed by atoms with Gasteiger partial charge in [0.05, 0.1) is 0 Å². The maximum Gasteiger partial charge on any atom is 0.00669 e. The molecule has 13 heavy (non-hydrogen) atoms. The van der Waals surface area contributed by atoms with Gasteiger partial charge in [0.15, 0.2) is 0 Å². The number of allylic oxidation sites excluding steroid dienone is 1. The molecule has 0 unspecified atom stereocenters. The maximum atomic E-state index is 3.73. The summed E-state index contributed by atoms with van der Waals surface area (Å²) in [6.45, 7) is 7.22. The summed E-state index contributed by atoms with van der Waals surface area (Å²) in [5, 5.41) is 3.61. The molecule has 1 aliphatic carbocycles. The quantitative estimate of drug-likeness (QED) is 0.490. The second-order valence-corrected chi connectivity index (χ2v) is 4.22. The number of hydrogen-bond donors (Lipinski definition) is 1. The molecule has 0 bridgehead atoms. The van der Waals surface area contributed by atoms with Crippen molar-refractivity contribution in [3.63, 3.8) is 0 Å². The number of hydrogen-bond acceptors (Lipinski definition) is 1. The monoisotopic (exact) mass is 181 g/mol. The van der Waals surface area contributed by atoms with E-state index in [1.54, 1.807) is 0 Å². The van der Waals surface area contributed by atoms with Gasteiger partial charge in [-0.3, -0.25) is 0 Å². The van der Waals surface area contributed by atoms with Crippen LogP contribution in [0.4, 0.5) is 0 Å². The van der Waals surface area contributed by atoms with Gasteiger partial charge in [0.2, 0.25) is 0 Å². The van der Waals surface area contributed by atoms with Crippen LogP contribution in [0.2, 0.25) is 0 Å². The highest BCUT2D eigenvalue weighted by molar-refractivity contribution is 4.77. The molecule has 0 heterocycles. The van der Waals surface area contributed by atoms with Gasteiger partial charge < -0.3 is 5.32 Å². The molecule has 1 rings (SSSR count). The van der Waals surface area contributed by atoms with Gasteiger partial charge in [-0.1, -0.05) is 18.9 Å². The molecule has 0 aliphatic heterocycles. The third-order valence-electron chi connectivity index (χ3n) is 3.16. The molecule has 1 fully saturated rings. The van der Waals surface area contributed by atoms with Gasteiger partial charge in [0.1, 0.15) is 0 Å². The Bertz CT molecular complexity index is 136. The van der Waals surface area contributed by atoms with Crippen molar-refractivity contribution in [3.05, 3.63) is 12.7 Å². The van der Waals surface area contributed by atoms with Crippen molar-refractivity contribution in [2.75, 3.05) is 6.54 Å². The lowest BCUT2D eigenvalue weighted by atomic mass is 10.00. The third kappa shape index (κ3) is 3.95. The summed E-state index contributed by atoms with van der Waals surface area (Å²) in [4.78, 5) is 0. The molecule has 1 nitrogen and oxygen atoms in total. The number of rotatable bonds is 6. The topological polar surface area (TPSA) is 12.0 Å². The zero-order valence-corrected chi connectivity index (χ0v) is 8.89. The van der Waals surface area contributed by atoms with Crippen LogP contribution in [-0.4, -0.2) is 12.6 Å². The maximum absolute atomic E-state index is 3.73. The van der Waals surface area contributed by atoms with Crippen LogP contribution < -0.4 is 5.32 Å². The van der Waals surface area contributed by atoms with Crippen molar-refractivity contribution >= 4 is 0 Å². The highest BCUT2D eigenvalue weighted by Gasteiger charge is 2.20. The highest BCUT2D eigenvalue weighted by Crippen LogP contribution is 2.27. The summed E-state index contributed by atoms with van der Waals surface area (Å²) in [7, 11) is 0. The van der Waals surface area contributed by atoms with E-state index < -0.39 is 0 Å². The Morgan fingerprint density at radius 1 is 1.46 bits per heavy atom. The van der Waals surface area contributed by atoms with E-state index in [0.717, 1.165) is 24.9 Å². The van der Waals surface area contributed by atoms with Crippen LogP contribution in [0.1, 0.15) is 45.4 Å². The predicted octanol–water partition coefficient (Wildman–Crippen LogP) is 3.12.